The minimum Gasteiger partial charge on any atom is -0.488 e. The van der Waals surface area contributed by atoms with Crippen LogP contribution in [0.15, 0.2) is 35.6 Å². The van der Waals surface area contributed by atoms with E-state index in [0.717, 1.165) is 68.6 Å². The highest BCUT2D eigenvalue weighted by Gasteiger charge is 2.18. The van der Waals surface area contributed by atoms with E-state index >= 15 is 0 Å². The number of aromatic nitrogens is 2. The third-order valence-electron chi connectivity index (χ3n) is 5.20. The second kappa shape index (κ2) is 11.6. The van der Waals surface area contributed by atoms with Gasteiger partial charge >= 0.3 is 0 Å². The number of imidazole rings is 1. The molecule has 0 aliphatic carbocycles. The Kier molecular flexibility index (Phi) is 8.56. The third kappa shape index (κ3) is 6.76. The van der Waals surface area contributed by atoms with Crippen molar-refractivity contribution in [2.24, 2.45) is 4.99 Å². The van der Waals surface area contributed by atoms with Gasteiger partial charge in [0, 0.05) is 44.0 Å². The van der Waals surface area contributed by atoms with Crippen molar-refractivity contribution < 1.29 is 9.47 Å². The number of hydrogen-bond acceptors (Lipinski definition) is 4. The molecule has 164 valence electrons. The van der Waals surface area contributed by atoms with Gasteiger partial charge in [0.15, 0.2) is 5.96 Å². The Morgan fingerprint density at radius 2 is 2.20 bits per heavy atom. The van der Waals surface area contributed by atoms with Crippen LogP contribution in [0.25, 0.3) is 0 Å². The van der Waals surface area contributed by atoms with Gasteiger partial charge in [0.05, 0.1) is 19.8 Å². The molecule has 30 heavy (non-hydrogen) atoms. The zero-order chi connectivity index (χ0) is 21.2. The van der Waals surface area contributed by atoms with Gasteiger partial charge in [-0.2, -0.15) is 0 Å². The standard InChI is InChI=1S/C23H35N5O2/c1-4-24-23(26-10-5-6-12-28-13-11-25-19(28)3)27-16-20-8-7-18(2)15-22(20)30-21-9-14-29-17-21/h7-8,11,13,15,21H,4-6,9-10,12,14,16-17H2,1-3H3,(H2,24,26,27). The molecule has 1 atom stereocenters. The molecule has 1 aliphatic heterocycles. The smallest absolute Gasteiger partial charge is 0.191 e. The summed E-state index contributed by atoms with van der Waals surface area (Å²) in [6.45, 7) is 10.9. The molecule has 1 aromatic heterocycles. The normalized spacial score (nSPS) is 16.6. The van der Waals surface area contributed by atoms with Crippen LogP contribution in [0.3, 0.4) is 0 Å². The fraction of sp³-hybridized carbons (Fsp3) is 0.565. The molecule has 1 fully saturated rings. The average Bonchev–Trinajstić information content (AvgIpc) is 3.39. The number of aliphatic imine (C=N–C) groups is 1. The number of rotatable bonds is 10. The Morgan fingerprint density at radius 1 is 1.30 bits per heavy atom. The number of aryl methyl sites for hydroxylation is 3. The number of benzene rings is 1. The van der Waals surface area contributed by atoms with Crippen molar-refractivity contribution in [2.45, 2.75) is 59.2 Å². The van der Waals surface area contributed by atoms with Crippen LogP contribution in [-0.2, 0) is 17.8 Å². The quantitative estimate of drug-likeness (QED) is 0.356. The van der Waals surface area contributed by atoms with Gasteiger partial charge in [0.2, 0.25) is 0 Å². The van der Waals surface area contributed by atoms with Crippen molar-refractivity contribution in [3.05, 3.63) is 47.5 Å². The largest absolute Gasteiger partial charge is 0.488 e. The lowest BCUT2D eigenvalue weighted by Crippen LogP contribution is -2.37. The van der Waals surface area contributed by atoms with Crippen LogP contribution < -0.4 is 15.4 Å². The Hall–Kier alpha value is -2.54. The van der Waals surface area contributed by atoms with Gasteiger partial charge in [-0.15, -0.1) is 0 Å². The SMILES string of the molecule is CCNC(=NCc1ccc(C)cc1OC1CCOC1)NCCCCn1ccnc1C. The molecule has 1 aliphatic rings. The van der Waals surface area contributed by atoms with Crippen molar-refractivity contribution in [2.75, 3.05) is 26.3 Å². The summed E-state index contributed by atoms with van der Waals surface area (Å²) >= 11 is 0. The number of hydrogen-bond donors (Lipinski definition) is 2. The van der Waals surface area contributed by atoms with Crippen LogP contribution in [0.2, 0.25) is 0 Å². The van der Waals surface area contributed by atoms with E-state index in [2.05, 4.69) is 52.2 Å². The third-order valence-corrected chi connectivity index (χ3v) is 5.20. The fourth-order valence-corrected chi connectivity index (χ4v) is 3.45. The first-order valence-electron chi connectivity index (χ1n) is 11.0. The van der Waals surface area contributed by atoms with Gasteiger partial charge in [-0.3, -0.25) is 0 Å². The van der Waals surface area contributed by atoms with Crippen molar-refractivity contribution in [1.29, 1.82) is 0 Å². The molecule has 7 heteroatoms. The van der Waals surface area contributed by atoms with Crippen LogP contribution >= 0.6 is 0 Å². The average molecular weight is 414 g/mol. The van der Waals surface area contributed by atoms with E-state index < -0.39 is 0 Å². The predicted octanol–water partition coefficient (Wildman–Crippen LogP) is 3.20. The van der Waals surface area contributed by atoms with E-state index in [4.69, 9.17) is 14.5 Å². The Morgan fingerprint density at radius 3 is 2.93 bits per heavy atom. The molecule has 0 radical (unpaired) electrons. The predicted molar refractivity (Wildman–Crippen MR) is 120 cm³/mol. The number of nitrogens with zero attached hydrogens (tertiary/aromatic N) is 3. The highest BCUT2D eigenvalue weighted by atomic mass is 16.5. The van der Waals surface area contributed by atoms with E-state index in [1.54, 1.807) is 0 Å². The lowest BCUT2D eigenvalue weighted by molar-refractivity contribution is 0.140. The second-order valence-corrected chi connectivity index (χ2v) is 7.71. The van der Waals surface area contributed by atoms with Crippen molar-refractivity contribution in [3.63, 3.8) is 0 Å². The van der Waals surface area contributed by atoms with E-state index in [9.17, 15) is 0 Å². The molecule has 7 nitrogen and oxygen atoms in total. The Labute approximate surface area is 179 Å². The number of unbranched alkanes of at least 4 members (excludes halogenated alkanes) is 1. The molecule has 3 rings (SSSR count). The summed E-state index contributed by atoms with van der Waals surface area (Å²) in [6, 6.07) is 6.32. The maximum atomic E-state index is 6.20. The van der Waals surface area contributed by atoms with Gasteiger partial charge in [0.25, 0.3) is 0 Å². The van der Waals surface area contributed by atoms with E-state index in [1.165, 1.54) is 5.56 Å². The zero-order valence-corrected chi connectivity index (χ0v) is 18.5. The molecule has 2 N–H and O–H groups in total. The fourth-order valence-electron chi connectivity index (χ4n) is 3.45. The summed E-state index contributed by atoms with van der Waals surface area (Å²) in [7, 11) is 0. The first-order chi connectivity index (χ1) is 14.7. The first kappa shape index (κ1) is 22.2. The molecule has 1 aromatic carbocycles. The molecule has 0 amide bonds. The van der Waals surface area contributed by atoms with Gasteiger partial charge in [-0.25, -0.2) is 9.98 Å². The van der Waals surface area contributed by atoms with Crippen LogP contribution in [0, 0.1) is 13.8 Å². The minimum atomic E-state index is 0.139. The maximum absolute atomic E-state index is 6.20. The summed E-state index contributed by atoms with van der Waals surface area (Å²) in [4.78, 5) is 9.05. The van der Waals surface area contributed by atoms with Crippen LogP contribution in [0.4, 0.5) is 0 Å². The van der Waals surface area contributed by atoms with Crippen LogP contribution in [-0.4, -0.2) is 47.9 Å². The lowest BCUT2D eigenvalue weighted by Gasteiger charge is -2.16. The van der Waals surface area contributed by atoms with Crippen LogP contribution in [0.5, 0.6) is 5.75 Å². The molecule has 0 saturated carbocycles. The summed E-state index contributed by atoms with van der Waals surface area (Å²) < 4.78 is 13.8. The highest BCUT2D eigenvalue weighted by molar-refractivity contribution is 5.79. The van der Waals surface area contributed by atoms with Crippen molar-refractivity contribution in [3.8, 4) is 5.75 Å². The molecule has 0 bridgehead atoms. The molecule has 2 heterocycles. The van der Waals surface area contributed by atoms with Gasteiger partial charge in [-0.05, 0) is 45.2 Å². The molecule has 1 unspecified atom stereocenters. The summed E-state index contributed by atoms with van der Waals surface area (Å²) in [5.74, 6) is 2.82. The highest BCUT2D eigenvalue weighted by Crippen LogP contribution is 2.24. The molecular formula is C23H35N5O2. The lowest BCUT2D eigenvalue weighted by atomic mass is 10.1. The monoisotopic (exact) mass is 413 g/mol. The Bertz CT molecular complexity index is 812. The minimum absolute atomic E-state index is 0.139. The topological polar surface area (TPSA) is 72.7 Å². The summed E-state index contributed by atoms with van der Waals surface area (Å²) in [5, 5.41) is 6.78. The van der Waals surface area contributed by atoms with Crippen molar-refractivity contribution >= 4 is 5.96 Å². The maximum Gasteiger partial charge on any atom is 0.191 e. The van der Waals surface area contributed by atoms with Gasteiger partial charge in [-0.1, -0.05) is 12.1 Å². The van der Waals surface area contributed by atoms with Gasteiger partial charge < -0.3 is 24.7 Å². The van der Waals surface area contributed by atoms with E-state index in [-0.39, 0.29) is 6.10 Å². The van der Waals surface area contributed by atoms with E-state index in [0.29, 0.717) is 13.2 Å². The second-order valence-electron chi connectivity index (χ2n) is 7.71. The van der Waals surface area contributed by atoms with Crippen LogP contribution in [0.1, 0.15) is 43.1 Å². The Balaban J connectivity index is 1.51. The molecule has 0 spiro atoms. The number of ether oxygens (including phenoxy) is 2. The van der Waals surface area contributed by atoms with Gasteiger partial charge in [0.1, 0.15) is 17.7 Å². The molecular weight excluding hydrogens is 378 g/mol. The zero-order valence-electron chi connectivity index (χ0n) is 18.5. The molecule has 2 aromatic rings. The molecule has 1 saturated heterocycles. The summed E-state index contributed by atoms with van der Waals surface area (Å²) in [5.41, 5.74) is 2.29. The van der Waals surface area contributed by atoms with Crippen molar-refractivity contribution in [1.82, 2.24) is 20.2 Å². The number of guanidine groups is 1. The van der Waals surface area contributed by atoms with E-state index in [1.807, 2.05) is 19.3 Å². The first-order valence-corrected chi connectivity index (χ1v) is 11.0. The number of nitrogens with one attached hydrogen (secondary N) is 2. The summed E-state index contributed by atoms with van der Waals surface area (Å²) in [6.07, 6.45) is 7.14.